The number of hydrogen-bond donors (Lipinski definition) is 1. The average Bonchev–Trinajstić information content (AvgIpc) is 2.78. The van der Waals surface area contributed by atoms with E-state index in [0.717, 1.165) is 30.7 Å². The standard InChI is InChI=1S/C12H19N3OS/c1-2-6-10-14-15-12(17-10)13-11(16)9-7-4-3-5-8-9/h9H,2-8H2,1H3,(H,13,15,16). The van der Waals surface area contributed by atoms with Gasteiger partial charge in [0.05, 0.1) is 0 Å². The van der Waals surface area contributed by atoms with E-state index in [1.807, 2.05) is 0 Å². The van der Waals surface area contributed by atoms with E-state index in [1.54, 1.807) is 0 Å². The third-order valence-electron chi connectivity index (χ3n) is 3.14. The monoisotopic (exact) mass is 253 g/mol. The summed E-state index contributed by atoms with van der Waals surface area (Å²) in [5.41, 5.74) is 0. The first-order chi connectivity index (χ1) is 8.29. The van der Waals surface area contributed by atoms with E-state index in [1.165, 1.54) is 30.6 Å². The maximum atomic E-state index is 12.0. The van der Waals surface area contributed by atoms with Gasteiger partial charge >= 0.3 is 0 Å². The molecular weight excluding hydrogens is 234 g/mol. The van der Waals surface area contributed by atoms with Crippen molar-refractivity contribution in [1.82, 2.24) is 10.2 Å². The van der Waals surface area contributed by atoms with Gasteiger partial charge < -0.3 is 5.32 Å². The normalized spacial score (nSPS) is 17.0. The van der Waals surface area contributed by atoms with Crippen LogP contribution >= 0.6 is 11.3 Å². The Kier molecular flexibility index (Phi) is 4.48. The van der Waals surface area contributed by atoms with Crippen LogP contribution in [0.15, 0.2) is 0 Å². The van der Waals surface area contributed by atoms with E-state index in [9.17, 15) is 4.79 Å². The highest BCUT2D eigenvalue weighted by atomic mass is 32.1. The fourth-order valence-corrected chi connectivity index (χ4v) is 3.04. The minimum Gasteiger partial charge on any atom is -0.300 e. The third kappa shape index (κ3) is 3.49. The molecule has 0 saturated heterocycles. The van der Waals surface area contributed by atoms with E-state index in [-0.39, 0.29) is 11.8 Å². The first-order valence-electron chi connectivity index (χ1n) is 6.43. The second-order valence-electron chi connectivity index (χ2n) is 4.58. The largest absolute Gasteiger partial charge is 0.300 e. The first kappa shape index (κ1) is 12.5. The zero-order chi connectivity index (χ0) is 12.1. The number of rotatable bonds is 4. The Bertz CT molecular complexity index is 372. The average molecular weight is 253 g/mol. The predicted molar refractivity (Wildman–Crippen MR) is 69.1 cm³/mol. The van der Waals surface area contributed by atoms with Gasteiger partial charge in [-0.3, -0.25) is 4.79 Å². The van der Waals surface area contributed by atoms with Crippen molar-refractivity contribution in [2.75, 3.05) is 5.32 Å². The van der Waals surface area contributed by atoms with Crippen molar-refractivity contribution in [3.8, 4) is 0 Å². The van der Waals surface area contributed by atoms with Gasteiger partial charge in [-0.15, -0.1) is 10.2 Å². The van der Waals surface area contributed by atoms with Gasteiger partial charge in [0.1, 0.15) is 5.01 Å². The van der Waals surface area contributed by atoms with Gasteiger partial charge in [0, 0.05) is 12.3 Å². The fourth-order valence-electron chi connectivity index (χ4n) is 2.19. The summed E-state index contributed by atoms with van der Waals surface area (Å²) in [6.45, 7) is 2.11. The Morgan fingerprint density at radius 3 is 2.82 bits per heavy atom. The molecule has 0 bridgehead atoms. The number of aryl methyl sites for hydroxylation is 1. The van der Waals surface area contributed by atoms with Crippen LogP contribution in [0.25, 0.3) is 0 Å². The van der Waals surface area contributed by atoms with Gasteiger partial charge in [-0.2, -0.15) is 0 Å². The number of nitrogens with zero attached hydrogens (tertiary/aromatic N) is 2. The van der Waals surface area contributed by atoms with E-state index in [0.29, 0.717) is 5.13 Å². The van der Waals surface area contributed by atoms with Crippen molar-refractivity contribution in [2.45, 2.75) is 51.9 Å². The smallest absolute Gasteiger partial charge is 0.229 e. The number of anilines is 1. The molecule has 0 unspecified atom stereocenters. The first-order valence-corrected chi connectivity index (χ1v) is 7.24. The van der Waals surface area contributed by atoms with Crippen molar-refractivity contribution in [3.05, 3.63) is 5.01 Å². The summed E-state index contributed by atoms with van der Waals surface area (Å²) >= 11 is 1.50. The van der Waals surface area contributed by atoms with Gasteiger partial charge in [-0.1, -0.05) is 37.5 Å². The van der Waals surface area contributed by atoms with E-state index in [2.05, 4.69) is 22.4 Å². The molecule has 0 radical (unpaired) electrons. The molecule has 1 aromatic heterocycles. The zero-order valence-corrected chi connectivity index (χ0v) is 11.1. The van der Waals surface area contributed by atoms with E-state index >= 15 is 0 Å². The molecule has 0 spiro atoms. The van der Waals surface area contributed by atoms with Crippen molar-refractivity contribution in [3.63, 3.8) is 0 Å². The van der Waals surface area contributed by atoms with Crippen molar-refractivity contribution >= 4 is 22.4 Å². The molecule has 17 heavy (non-hydrogen) atoms. The molecule has 1 amide bonds. The fraction of sp³-hybridized carbons (Fsp3) is 0.750. The third-order valence-corrected chi connectivity index (χ3v) is 4.04. The van der Waals surface area contributed by atoms with Crippen molar-refractivity contribution < 1.29 is 4.79 Å². The lowest BCUT2D eigenvalue weighted by Gasteiger charge is -2.19. The van der Waals surface area contributed by atoms with Gasteiger partial charge in [0.2, 0.25) is 11.0 Å². The molecule has 4 nitrogen and oxygen atoms in total. The second kappa shape index (κ2) is 6.10. The number of amides is 1. The number of carbonyl (C=O) groups excluding carboxylic acids is 1. The highest BCUT2D eigenvalue weighted by Gasteiger charge is 2.21. The zero-order valence-electron chi connectivity index (χ0n) is 10.2. The summed E-state index contributed by atoms with van der Waals surface area (Å²) in [4.78, 5) is 12.0. The molecule has 0 aromatic carbocycles. The molecule has 0 atom stereocenters. The Hall–Kier alpha value is -0.970. The molecule has 2 rings (SSSR count). The minimum atomic E-state index is 0.129. The minimum absolute atomic E-state index is 0.129. The van der Waals surface area contributed by atoms with Crippen molar-refractivity contribution in [2.24, 2.45) is 5.92 Å². The maximum absolute atomic E-state index is 12.0. The summed E-state index contributed by atoms with van der Waals surface area (Å²) in [6, 6.07) is 0. The molecule has 1 aliphatic carbocycles. The molecule has 1 aromatic rings. The summed E-state index contributed by atoms with van der Waals surface area (Å²) in [5, 5.41) is 12.6. The van der Waals surface area contributed by atoms with Gasteiger partial charge in [0.15, 0.2) is 0 Å². The number of nitrogens with one attached hydrogen (secondary N) is 1. The van der Waals surface area contributed by atoms with Crippen LogP contribution in [-0.4, -0.2) is 16.1 Å². The lowest BCUT2D eigenvalue weighted by atomic mass is 9.89. The van der Waals surface area contributed by atoms with Crippen LogP contribution in [0.1, 0.15) is 50.5 Å². The Morgan fingerprint density at radius 1 is 1.35 bits per heavy atom. The molecule has 5 heteroatoms. The molecule has 1 heterocycles. The predicted octanol–water partition coefficient (Wildman–Crippen LogP) is 3.01. The summed E-state index contributed by atoms with van der Waals surface area (Å²) in [5.74, 6) is 0.311. The number of aromatic nitrogens is 2. The lowest BCUT2D eigenvalue weighted by molar-refractivity contribution is -0.120. The topological polar surface area (TPSA) is 54.9 Å². The molecule has 1 aliphatic rings. The molecule has 1 saturated carbocycles. The highest BCUT2D eigenvalue weighted by molar-refractivity contribution is 7.15. The van der Waals surface area contributed by atoms with Gasteiger partial charge in [-0.25, -0.2) is 0 Å². The van der Waals surface area contributed by atoms with Crippen LogP contribution in [0.4, 0.5) is 5.13 Å². The summed E-state index contributed by atoms with van der Waals surface area (Å²) < 4.78 is 0. The van der Waals surface area contributed by atoms with Gasteiger partial charge in [-0.05, 0) is 19.3 Å². The van der Waals surface area contributed by atoms with Crippen LogP contribution in [-0.2, 0) is 11.2 Å². The summed E-state index contributed by atoms with van der Waals surface area (Å²) in [6.07, 6.45) is 7.66. The summed E-state index contributed by atoms with van der Waals surface area (Å²) in [7, 11) is 0. The highest BCUT2D eigenvalue weighted by Crippen LogP contribution is 2.25. The molecule has 0 aliphatic heterocycles. The second-order valence-corrected chi connectivity index (χ2v) is 5.64. The Balaban J connectivity index is 1.88. The molecule has 94 valence electrons. The Labute approximate surface area is 106 Å². The SMILES string of the molecule is CCCc1nnc(NC(=O)C2CCCCC2)s1. The van der Waals surface area contributed by atoms with Crippen LogP contribution < -0.4 is 5.32 Å². The maximum Gasteiger partial charge on any atom is 0.229 e. The molecule has 1 N–H and O–H groups in total. The van der Waals surface area contributed by atoms with E-state index < -0.39 is 0 Å². The number of carbonyl (C=O) groups is 1. The van der Waals surface area contributed by atoms with Crippen LogP contribution in [0.2, 0.25) is 0 Å². The Morgan fingerprint density at radius 2 is 2.12 bits per heavy atom. The van der Waals surface area contributed by atoms with Crippen LogP contribution in [0.5, 0.6) is 0 Å². The van der Waals surface area contributed by atoms with Crippen molar-refractivity contribution in [1.29, 1.82) is 0 Å². The van der Waals surface area contributed by atoms with Crippen LogP contribution in [0, 0.1) is 5.92 Å². The quantitative estimate of drug-likeness (QED) is 0.897. The molecular formula is C12H19N3OS. The van der Waals surface area contributed by atoms with Gasteiger partial charge in [0.25, 0.3) is 0 Å². The molecule has 1 fully saturated rings. The van der Waals surface area contributed by atoms with Crippen LogP contribution in [0.3, 0.4) is 0 Å². The lowest BCUT2D eigenvalue weighted by Crippen LogP contribution is -2.24. The number of hydrogen-bond acceptors (Lipinski definition) is 4. The van der Waals surface area contributed by atoms with E-state index in [4.69, 9.17) is 0 Å².